The number of benzene rings is 4. The Hall–Kier alpha value is -2.64. The van der Waals surface area contributed by atoms with E-state index in [1.165, 1.54) is 43.8 Å². The Morgan fingerprint density at radius 2 is 1.00 bits per heavy atom. The molecule has 2 unspecified atom stereocenters. The highest BCUT2D eigenvalue weighted by Gasteiger charge is 2.26. The molecule has 0 spiro atoms. The molecule has 0 saturated heterocycles. The summed E-state index contributed by atoms with van der Waals surface area (Å²) >= 11 is 0. The molecular formula is C24H21N. The second kappa shape index (κ2) is 5.44. The first-order chi connectivity index (χ1) is 12.2. The predicted molar refractivity (Wildman–Crippen MR) is 107 cm³/mol. The summed E-state index contributed by atoms with van der Waals surface area (Å²) in [6.07, 6.45) is 0. The molecule has 1 aliphatic rings. The van der Waals surface area contributed by atoms with Gasteiger partial charge in [-0.05, 0) is 57.6 Å². The van der Waals surface area contributed by atoms with Gasteiger partial charge >= 0.3 is 0 Å². The van der Waals surface area contributed by atoms with Crippen molar-refractivity contribution in [2.24, 2.45) is 0 Å². The van der Waals surface area contributed by atoms with Crippen molar-refractivity contribution in [2.75, 3.05) is 0 Å². The third-order valence-corrected chi connectivity index (χ3v) is 5.61. The molecular weight excluding hydrogens is 302 g/mol. The summed E-state index contributed by atoms with van der Waals surface area (Å²) in [6.45, 7) is 4.55. The van der Waals surface area contributed by atoms with Crippen LogP contribution in [-0.4, -0.2) is 0 Å². The Balaban J connectivity index is 2.03. The minimum atomic E-state index is 0.320. The smallest absolute Gasteiger partial charge is 0.0303 e. The van der Waals surface area contributed by atoms with Gasteiger partial charge in [-0.25, -0.2) is 0 Å². The van der Waals surface area contributed by atoms with E-state index in [0.29, 0.717) is 12.1 Å². The zero-order valence-electron chi connectivity index (χ0n) is 14.6. The van der Waals surface area contributed by atoms with E-state index >= 15 is 0 Å². The maximum atomic E-state index is 3.78. The van der Waals surface area contributed by atoms with Crippen LogP contribution in [0.1, 0.15) is 37.1 Å². The van der Waals surface area contributed by atoms with E-state index in [1.54, 1.807) is 0 Å². The normalized spacial score (nSPS) is 19.4. The number of nitrogens with one attached hydrogen (secondary N) is 1. The summed E-state index contributed by atoms with van der Waals surface area (Å²) < 4.78 is 0. The molecule has 1 aliphatic heterocycles. The Kier molecular flexibility index (Phi) is 3.19. The highest BCUT2D eigenvalue weighted by atomic mass is 14.9. The Morgan fingerprint density at radius 3 is 1.48 bits per heavy atom. The summed E-state index contributed by atoms with van der Waals surface area (Å²) in [6, 6.07) is 27.3. The van der Waals surface area contributed by atoms with Gasteiger partial charge in [-0.2, -0.15) is 0 Å². The molecule has 0 bridgehead atoms. The molecule has 2 atom stereocenters. The summed E-state index contributed by atoms with van der Waals surface area (Å²) in [5, 5.41) is 9.09. The highest BCUT2D eigenvalue weighted by molar-refractivity contribution is 6.08. The number of rotatable bonds is 0. The molecule has 1 heteroatoms. The molecule has 1 N–H and O–H groups in total. The van der Waals surface area contributed by atoms with Crippen LogP contribution >= 0.6 is 0 Å². The fourth-order valence-corrected chi connectivity index (χ4v) is 4.41. The Labute approximate surface area is 148 Å². The van der Waals surface area contributed by atoms with Crippen LogP contribution in [0.25, 0.3) is 32.7 Å². The lowest BCUT2D eigenvalue weighted by Crippen LogP contribution is -2.20. The maximum absolute atomic E-state index is 3.78. The van der Waals surface area contributed by atoms with E-state index in [1.807, 2.05) is 0 Å². The van der Waals surface area contributed by atoms with Crippen LogP contribution in [0.4, 0.5) is 0 Å². The lowest BCUT2D eigenvalue weighted by Gasteiger charge is -2.18. The molecule has 0 amide bonds. The lowest BCUT2D eigenvalue weighted by molar-refractivity contribution is 0.502. The highest BCUT2D eigenvalue weighted by Crippen LogP contribution is 2.45. The first-order valence-electron chi connectivity index (χ1n) is 9.04. The van der Waals surface area contributed by atoms with Crippen LogP contribution in [0.3, 0.4) is 0 Å². The fourth-order valence-electron chi connectivity index (χ4n) is 4.41. The van der Waals surface area contributed by atoms with Gasteiger partial charge in [0.1, 0.15) is 0 Å². The second-order valence-electron chi connectivity index (χ2n) is 7.11. The SMILES string of the molecule is CC1NC(C)c2ccc3ccccc3c2-c2c1ccc1ccccc21. The van der Waals surface area contributed by atoms with Crippen LogP contribution in [-0.2, 0) is 0 Å². The monoisotopic (exact) mass is 323 g/mol. The first kappa shape index (κ1) is 14.7. The molecule has 0 fully saturated rings. The van der Waals surface area contributed by atoms with Gasteiger partial charge in [-0.3, -0.25) is 0 Å². The van der Waals surface area contributed by atoms with E-state index in [4.69, 9.17) is 0 Å². The van der Waals surface area contributed by atoms with Crippen molar-refractivity contribution in [3.05, 3.63) is 83.9 Å². The van der Waals surface area contributed by atoms with Crippen LogP contribution < -0.4 is 5.32 Å². The van der Waals surface area contributed by atoms with Crippen LogP contribution in [0.2, 0.25) is 0 Å². The molecule has 0 aromatic heterocycles. The minimum Gasteiger partial charge on any atom is -0.304 e. The van der Waals surface area contributed by atoms with Crippen molar-refractivity contribution in [1.29, 1.82) is 0 Å². The van der Waals surface area contributed by atoms with Gasteiger partial charge in [0, 0.05) is 12.1 Å². The Morgan fingerprint density at radius 1 is 0.560 bits per heavy atom. The molecule has 1 heterocycles. The second-order valence-corrected chi connectivity index (χ2v) is 7.11. The summed E-state index contributed by atoms with van der Waals surface area (Å²) in [4.78, 5) is 0. The molecule has 4 aromatic carbocycles. The third-order valence-electron chi connectivity index (χ3n) is 5.61. The van der Waals surface area contributed by atoms with Gasteiger partial charge in [0.25, 0.3) is 0 Å². The van der Waals surface area contributed by atoms with Crippen molar-refractivity contribution >= 4 is 21.5 Å². The molecule has 0 aliphatic carbocycles. The quantitative estimate of drug-likeness (QED) is 0.395. The van der Waals surface area contributed by atoms with Crippen molar-refractivity contribution in [1.82, 2.24) is 5.32 Å². The number of hydrogen-bond donors (Lipinski definition) is 1. The lowest BCUT2D eigenvalue weighted by atomic mass is 9.86. The van der Waals surface area contributed by atoms with Crippen molar-refractivity contribution in [3.63, 3.8) is 0 Å². The summed E-state index contributed by atoms with van der Waals surface area (Å²) in [5.74, 6) is 0. The first-order valence-corrected chi connectivity index (χ1v) is 9.04. The molecule has 0 radical (unpaired) electrons. The minimum absolute atomic E-state index is 0.320. The molecule has 122 valence electrons. The van der Waals surface area contributed by atoms with Crippen molar-refractivity contribution in [3.8, 4) is 11.1 Å². The van der Waals surface area contributed by atoms with Crippen molar-refractivity contribution in [2.45, 2.75) is 25.9 Å². The third kappa shape index (κ3) is 2.13. The fraction of sp³-hybridized carbons (Fsp3) is 0.167. The molecule has 5 rings (SSSR count). The summed E-state index contributed by atoms with van der Waals surface area (Å²) in [5.41, 5.74) is 5.57. The van der Waals surface area contributed by atoms with Gasteiger partial charge in [-0.15, -0.1) is 0 Å². The van der Waals surface area contributed by atoms with Crippen LogP contribution in [0.15, 0.2) is 72.8 Å². The van der Waals surface area contributed by atoms with E-state index in [0.717, 1.165) is 0 Å². The van der Waals surface area contributed by atoms with Crippen LogP contribution in [0, 0.1) is 0 Å². The van der Waals surface area contributed by atoms with Gasteiger partial charge < -0.3 is 5.32 Å². The molecule has 4 aromatic rings. The topological polar surface area (TPSA) is 12.0 Å². The van der Waals surface area contributed by atoms with Gasteiger partial charge in [0.05, 0.1) is 0 Å². The standard InChI is InChI=1S/C24H21N/c1-15-19-13-11-17-7-3-5-9-21(17)23(19)24-20(16(2)25-15)14-12-18-8-4-6-10-22(18)24/h3-16,25H,1-2H3. The summed E-state index contributed by atoms with van der Waals surface area (Å²) in [7, 11) is 0. The van der Waals surface area contributed by atoms with E-state index in [9.17, 15) is 0 Å². The largest absolute Gasteiger partial charge is 0.304 e. The zero-order chi connectivity index (χ0) is 17.0. The molecule has 0 saturated carbocycles. The zero-order valence-corrected chi connectivity index (χ0v) is 14.6. The maximum Gasteiger partial charge on any atom is 0.0303 e. The molecule has 25 heavy (non-hydrogen) atoms. The Bertz CT molecular complexity index is 1020. The van der Waals surface area contributed by atoms with E-state index in [-0.39, 0.29) is 0 Å². The average molecular weight is 323 g/mol. The van der Waals surface area contributed by atoms with Gasteiger partial charge in [0.2, 0.25) is 0 Å². The van der Waals surface area contributed by atoms with E-state index in [2.05, 4.69) is 92.0 Å². The molecule has 1 nitrogen and oxygen atoms in total. The van der Waals surface area contributed by atoms with E-state index < -0.39 is 0 Å². The average Bonchev–Trinajstić information content (AvgIpc) is 2.76. The number of hydrogen-bond acceptors (Lipinski definition) is 1. The van der Waals surface area contributed by atoms with Gasteiger partial charge in [-0.1, -0.05) is 72.8 Å². The van der Waals surface area contributed by atoms with Crippen LogP contribution in [0.5, 0.6) is 0 Å². The predicted octanol–water partition coefficient (Wildman–Crippen LogP) is 6.39. The van der Waals surface area contributed by atoms with Crippen molar-refractivity contribution < 1.29 is 0 Å². The van der Waals surface area contributed by atoms with Gasteiger partial charge in [0.15, 0.2) is 0 Å². The number of fused-ring (bicyclic) bond motifs is 7.